The monoisotopic (exact) mass is 435 g/mol. The van der Waals surface area contributed by atoms with Crippen LogP contribution in [0.25, 0.3) is 0 Å². The Morgan fingerprint density at radius 1 is 1.28 bits per heavy atom. The number of nitrogens with zero attached hydrogens (tertiary/aromatic N) is 1. The van der Waals surface area contributed by atoms with Gasteiger partial charge in [-0.2, -0.15) is 0 Å². The maximum absolute atomic E-state index is 13.3. The van der Waals surface area contributed by atoms with Gasteiger partial charge in [-0.05, 0) is 18.6 Å². The molecule has 0 saturated carbocycles. The highest BCUT2D eigenvalue weighted by Gasteiger charge is 2.18. The summed E-state index contributed by atoms with van der Waals surface area (Å²) >= 11 is 5.54. The zero-order chi connectivity index (χ0) is 21.4. The van der Waals surface area contributed by atoms with Gasteiger partial charge in [0.25, 0.3) is 18.2 Å². The predicted octanol–water partition coefficient (Wildman–Crippen LogP) is 2.08. The molecule has 8 nitrogen and oxygen atoms in total. The van der Waals surface area contributed by atoms with Gasteiger partial charge in [-0.1, -0.05) is 16.8 Å². The zero-order valence-corrected chi connectivity index (χ0v) is 15.6. The third kappa shape index (κ3) is 7.27. The molecule has 0 saturated heterocycles. The van der Waals surface area contributed by atoms with Gasteiger partial charge in [0.2, 0.25) is 5.76 Å². The van der Waals surface area contributed by atoms with E-state index < -0.39 is 42.5 Å². The lowest BCUT2D eigenvalue weighted by Gasteiger charge is -2.12. The number of halogens is 4. The number of aliphatic hydroxyl groups is 1. The molecule has 158 valence electrons. The quantitative estimate of drug-likeness (QED) is 0.526. The molecule has 2 rings (SSSR count). The summed E-state index contributed by atoms with van der Waals surface area (Å²) in [6.07, 6.45) is -3.77. The van der Waals surface area contributed by atoms with E-state index in [1.807, 2.05) is 0 Å². The van der Waals surface area contributed by atoms with Crippen molar-refractivity contribution in [3.8, 4) is 5.75 Å². The minimum atomic E-state index is -2.85. The fourth-order valence-corrected chi connectivity index (χ4v) is 2.16. The number of amides is 2. The lowest BCUT2D eigenvalue weighted by Crippen LogP contribution is -2.37. The molecule has 29 heavy (non-hydrogen) atoms. The van der Waals surface area contributed by atoms with E-state index in [1.54, 1.807) is 0 Å². The number of carbonyl (C=O) groups is 2. The number of aliphatic hydroxyl groups excluding tert-OH is 1. The maximum Gasteiger partial charge on any atom is 0.289 e. The maximum atomic E-state index is 13.3. The van der Waals surface area contributed by atoms with Crippen molar-refractivity contribution in [2.75, 3.05) is 19.7 Å². The summed E-state index contributed by atoms with van der Waals surface area (Å²) in [5, 5.41) is 17.6. The lowest BCUT2D eigenvalue weighted by molar-refractivity contribution is -0.123. The van der Waals surface area contributed by atoms with E-state index >= 15 is 0 Å². The molecule has 1 aromatic heterocycles. The van der Waals surface area contributed by atoms with Crippen molar-refractivity contribution < 1.29 is 37.1 Å². The van der Waals surface area contributed by atoms with Crippen molar-refractivity contribution in [3.05, 3.63) is 46.6 Å². The average molecular weight is 436 g/mol. The Bertz CT molecular complexity index is 849. The van der Waals surface area contributed by atoms with Crippen LogP contribution in [0.3, 0.4) is 0 Å². The molecule has 0 spiro atoms. The van der Waals surface area contributed by atoms with Crippen molar-refractivity contribution in [2.24, 2.45) is 0 Å². The minimum Gasteiger partial charge on any atom is -0.484 e. The normalized spacial score (nSPS) is 11.9. The molecule has 1 atom stereocenters. The van der Waals surface area contributed by atoms with Crippen LogP contribution in [-0.4, -0.2) is 47.9 Å². The number of benzene rings is 1. The third-order valence-corrected chi connectivity index (χ3v) is 3.84. The number of hydrogen-bond donors (Lipinski definition) is 3. The molecule has 0 aliphatic rings. The van der Waals surface area contributed by atoms with E-state index in [4.69, 9.17) is 16.3 Å². The summed E-state index contributed by atoms with van der Waals surface area (Å²) in [5.41, 5.74) is -0.651. The van der Waals surface area contributed by atoms with Crippen LogP contribution in [0.4, 0.5) is 13.2 Å². The molecule has 2 aromatic rings. The molecule has 0 radical (unpaired) electrons. The van der Waals surface area contributed by atoms with Gasteiger partial charge in [-0.3, -0.25) is 9.59 Å². The smallest absolute Gasteiger partial charge is 0.289 e. The largest absolute Gasteiger partial charge is 0.484 e. The second-order valence-electron chi connectivity index (χ2n) is 5.78. The van der Waals surface area contributed by atoms with Gasteiger partial charge in [0.1, 0.15) is 11.6 Å². The summed E-state index contributed by atoms with van der Waals surface area (Å²) in [6.45, 7) is -0.519. The van der Waals surface area contributed by atoms with Crippen LogP contribution in [0.15, 0.2) is 28.8 Å². The molecule has 0 aliphatic carbocycles. The Kier molecular flexibility index (Phi) is 8.28. The van der Waals surface area contributed by atoms with E-state index in [-0.39, 0.29) is 36.0 Å². The Morgan fingerprint density at radius 3 is 2.69 bits per heavy atom. The van der Waals surface area contributed by atoms with Crippen LogP contribution >= 0.6 is 11.6 Å². The number of nitrogens with one attached hydrogen (secondary N) is 2. The van der Waals surface area contributed by atoms with Crippen molar-refractivity contribution in [1.29, 1.82) is 0 Å². The molecular formula is C17H17ClF3N3O5. The topological polar surface area (TPSA) is 114 Å². The van der Waals surface area contributed by atoms with Crippen LogP contribution in [0, 0.1) is 5.82 Å². The summed E-state index contributed by atoms with van der Waals surface area (Å²) in [4.78, 5) is 23.4. The molecule has 1 heterocycles. The Labute approximate surface area is 168 Å². The van der Waals surface area contributed by atoms with E-state index in [0.717, 1.165) is 12.1 Å². The second kappa shape index (κ2) is 10.7. The second-order valence-corrected chi connectivity index (χ2v) is 6.19. The Balaban J connectivity index is 1.63. The average Bonchev–Trinajstić information content (AvgIpc) is 3.18. The number of carbonyl (C=O) groups excluding carboxylic acids is 2. The summed E-state index contributed by atoms with van der Waals surface area (Å²) in [5.74, 6) is -2.25. The fraction of sp³-hybridized carbons (Fsp3) is 0.353. The van der Waals surface area contributed by atoms with Gasteiger partial charge in [-0.25, -0.2) is 13.2 Å². The number of alkyl halides is 2. The molecule has 0 fully saturated rings. The fourth-order valence-electron chi connectivity index (χ4n) is 2.04. The molecule has 2 amide bonds. The molecule has 3 N–H and O–H groups in total. The summed E-state index contributed by atoms with van der Waals surface area (Å²) in [6, 6.07) is 4.54. The predicted molar refractivity (Wildman–Crippen MR) is 94.3 cm³/mol. The minimum absolute atomic E-state index is 0.00112. The molecule has 0 aliphatic heterocycles. The van der Waals surface area contributed by atoms with E-state index in [2.05, 4.69) is 20.3 Å². The standard InChI is InChI=1S/C17H17ClF3N3O5/c18-11-2-1-10(5-12(11)19)28-8-15(26)23-7-9(25)3-4-22-17(27)14-6-13(16(20)21)24-29-14/h1-2,5-6,9,16,25H,3-4,7-8H2,(H,22,27)(H,23,26). The Hall–Kier alpha value is -2.79. The van der Waals surface area contributed by atoms with Gasteiger partial charge in [0, 0.05) is 25.2 Å². The van der Waals surface area contributed by atoms with Gasteiger partial charge in [0.05, 0.1) is 11.1 Å². The van der Waals surface area contributed by atoms with Crippen LogP contribution < -0.4 is 15.4 Å². The number of hydrogen-bond acceptors (Lipinski definition) is 6. The van der Waals surface area contributed by atoms with Crippen molar-refractivity contribution in [3.63, 3.8) is 0 Å². The van der Waals surface area contributed by atoms with Crippen LogP contribution in [0.5, 0.6) is 5.75 Å². The van der Waals surface area contributed by atoms with Crippen molar-refractivity contribution in [1.82, 2.24) is 15.8 Å². The zero-order valence-electron chi connectivity index (χ0n) is 14.8. The first-order valence-electron chi connectivity index (χ1n) is 8.32. The third-order valence-electron chi connectivity index (χ3n) is 3.53. The summed E-state index contributed by atoms with van der Waals surface area (Å²) < 4.78 is 47.6. The van der Waals surface area contributed by atoms with Gasteiger partial charge in [0.15, 0.2) is 12.3 Å². The van der Waals surface area contributed by atoms with E-state index in [1.165, 1.54) is 12.1 Å². The molecule has 0 bridgehead atoms. The molecule has 1 aromatic carbocycles. The number of ether oxygens (including phenoxy) is 1. The van der Waals surface area contributed by atoms with Crippen molar-refractivity contribution >= 4 is 23.4 Å². The molecular weight excluding hydrogens is 419 g/mol. The molecule has 1 unspecified atom stereocenters. The van der Waals surface area contributed by atoms with E-state index in [0.29, 0.717) is 0 Å². The van der Waals surface area contributed by atoms with Crippen LogP contribution in [-0.2, 0) is 4.79 Å². The van der Waals surface area contributed by atoms with Crippen molar-refractivity contribution in [2.45, 2.75) is 19.0 Å². The highest BCUT2D eigenvalue weighted by Crippen LogP contribution is 2.20. The highest BCUT2D eigenvalue weighted by molar-refractivity contribution is 6.30. The number of aromatic nitrogens is 1. The van der Waals surface area contributed by atoms with Gasteiger partial charge >= 0.3 is 0 Å². The number of rotatable bonds is 10. The first kappa shape index (κ1) is 22.5. The van der Waals surface area contributed by atoms with Crippen LogP contribution in [0.1, 0.15) is 29.1 Å². The van der Waals surface area contributed by atoms with Gasteiger partial charge in [-0.15, -0.1) is 0 Å². The van der Waals surface area contributed by atoms with E-state index in [9.17, 15) is 27.9 Å². The first-order chi connectivity index (χ1) is 13.8. The lowest BCUT2D eigenvalue weighted by atomic mass is 10.2. The highest BCUT2D eigenvalue weighted by atomic mass is 35.5. The Morgan fingerprint density at radius 2 is 2.03 bits per heavy atom. The molecule has 12 heteroatoms. The summed E-state index contributed by atoms with van der Waals surface area (Å²) in [7, 11) is 0. The first-order valence-corrected chi connectivity index (χ1v) is 8.69. The van der Waals surface area contributed by atoms with Crippen LogP contribution in [0.2, 0.25) is 5.02 Å². The SMILES string of the molecule is O=C(COc1ccc(Cl)c(F)c1)NCC(O)CCNC(=O)c1cc(C(F)F)no1. The van der Waals surface area contributed by atoms with Gasteiger partial charge < -0.3 is 25.0 Å².